The van der Waals surface area contributed by atoms with E-state index in [1.807, 2.05) is 24.3 Å². The molecule has 3 aromatic rings. The first-order chi connectivity index (χ1) is 11.2. The van der Waals surface area contributed by atoms with Crippen LogP contribution < -0.4 is 5.56 Å². The number of rotatable bonds is 5. The normalized spacial score (nSPS) is 10.4. The van der Waals surface area contributed by atoms with Crippen molar-refractivity contribution in [3.63, 3.8) is 0 Å². The number of hydrogen-bond donors (Lipinski definition) is 0. The van der Waals surface area contributed by atoms with E-state index in [9.17, 15) is 9.59 Å². The molecule has 0 saturated heterocycles. The zero-order valence-corrected chi connectivity index (χ0v) is 12.4. The van der Waals surface area contributed by atoms with E-state index in [2.05, 4.69) is 9.97 Å². The van der Waals surface area contributed by atoms with E-state index in [1.54, 1.807) is 29.2 Å². The molecule has 0 aliphatic heterocycles. The Balaban J connectivity index is 1.73. The Hall–Kier alpha value is -3.08. The van der Waals surface area contributed by atoms with Gasteiger partial charge in [0.2, 0.25) is 0 Å². The Kier molecular flexibility index (Phi) is 4.38. The lowest BCUT2D eigenvalue weighted by Gasteiger charge is -2.06. The van der Waals surface area contributed by atoms with Crippen LogP contribution in [0.15, 0.2) is 66.0 Å². The summed E-state index contributed by atoms with van der Waals surface area (Å²) in [5.74, 6) is 0. The van der Waals surface area contributed by atoms with Crippen LogP contribution in [-0.2, 0) is 13.0 Å². The predicted molar refractivity (Wildman–Crippen MR) is 86.5 cm³/mol. The number of aldehydes is 1. The van der Waals surface area contributed by atoms with Crippen LogP contribution in [0.25, 0.3) is 0 Å². The molecule has 3 aromatic heterocycles. The van der Waals surface area contributed by atoms with Crippen LogP contribution in [0.4, 0.5) is 0 Å². The number of pyridine rings is 3. The molecule has 0 aliphatic carbocycles. The average molecular weight is 305 g/mol. The third kappa shape index (κ3) is 3.77. The molecule has 0 atom stereocenters. The number of aromatic nitrogens is 3. The molecule has 5 nitrogen and oxygen atoms in total. The van der Waals surface area contributed by atoms with Crippen molar-refractivity contribution in [1.82, 2.24) is 14.5 Å². The fraction of sp³-hybridized carbons (Fsp3) is 0.111. The molecule has 0 saturated carbocycles. The van der Waals surface area contributed by atoms with Gasteiger partial charge in [0.1, 0.15) is 0 Å². The van der Waals surface area contributed by atoms with Gasteiger partial charge in [-0.2, -0.15) is 0 Å². The molecule has 0 radical (unpaired) electrons. The summed E-state index contributed by atoms with van der Waals surface area (Å²) in [6.45, 7) is 0.447. The summed E-state index contributed by atoms with van der Waals surface area (Å²) < 4.78 is 1.61. The van der Waals surface area contributed by atoms with Crippen molar-refractivity contribution in [1.29, 1.82) is 0 Å². The topological polar surface area (TPSA) is 64.8 Å². The highest BCUT2D eigenvalue weighted by atomic mass is 16.1. The first-order valence-corrected chi connectivity index (χ1v) is 7.23. The van der Waals surface area contributed by atoms with E-state index in [1.165, 1.54) is 12.3 Å². The Bertz CT molecular complexity index is 870. The van der Waals surface area contributed by atoms with Crippen molar-refractivity contribution >= 4 is 6.29 Å². The van der Waals surface area contributed by atoms with Gasteiger partial charge in [0, 0.05) is 42.8 Å². The minimum Gasteiger partial charge on any atom is -0.310 e. The highest BCUT2D eigenvalue weighted by Crippen LogP contribution is 2.10. The van der Waals surface area contributed by atoms with Gasteiger partial charge >= 0.3 is 0 Å². The summed E-state index contributed by atoms with van der Waals surface area (Å²) in [7, 11) is 0. The zero-order chi connectivity index (χ0) is 16.1. The largest absolute Gasteiger partial charge is 0.310 e. The van der Waals surface area contributed by atoms with Gasteiger partial charge in [0.15, 0.2) is 6.29 Å². The molecule has 0 spiro atoms. The second kappa shape index (κ2) is 6.79. The molecule has 114 valence electrons. The number of hydrogen-bond acceptors (Lipinski definition) is 4. The van der Waals surface area contributed by atoms with Crippen LogP contribution in [0.1, 0.15) is 27.2 Å². The van der Waals surface area contributed by atoms with Crippen molar-refractivity contribution in [3.8, 4) is 0 Å². The van der Waals surface area contributed by atoms with E-state index in [4.69, 9.17) is 0 Å². The molecule has 0 fully saturated rings. The molecule has 3 heterocycles. The predicted octanol–water partition coefficient (Wildman–Crippen LogP) is 2.09. The van der Waals surface area contributed by atoms with Crippen LogP contribution >= 0.6 is 0 Å². The monoisotopic (exact) mass is 305 g/mol. The van der Waals surface area contributed by atoms with E-state index < -0.39 is 0 Å². The minimum absolute atomic E-state index is 0.0462. The Labute approximate surface area is 133 Å². The van der Waals surface area contributed by atoms with Gasteiger partial charge in [-0.1, -0.05) is 12.1 Å². The summed E-state index contributed by atoms with van der Waals surface area (Å²) >= 11 is 0. The van der Waals surface area contributed by atoms with Crippen LogP contribution in [0.2, 0.25) is 0 Å². The van der Waals surface area contributed by atoms with Gasteiger partial charge in [-0.05, 0) is 29.3 Å². The van der Waals surface area contributed by atoms with Crippen molar-refractivity contribution in [2.45, 2.75) is 13.0 Å². The van der Waals surface area contributed by atoms with E-state index >= 15 is 0 Å². The maximum atomic E-state index is 11.7. The van der Waals surface area contributed by atoms with Crippen LogP contribution in [0.5, 0.6) is 0 Å². The van der Waals surface area contributed by atoms with Gasteiger partial charge in [0.05, 0.1) is 12.2 Å². The SMILES string of the molecule is O=Cc1cncc(Cc2ccc(Cn3ccccc3=O)nc2)c1. The molecule has 3 rings (SSSR count). The molecular weight excluding hydrogens is 290 g/mol. The maximum absolute atomic E-state index is 11.7. The average Bonchev–Trinajstić information content (AvgIpc) is 2.59. The lowest BCUT2D eigenvalue weighted by atomic mass is 10.1. The van der Waals surface area contributed by atoms with Crippen molar-refractivity contribution in [2.24, 2.45) is 0 Å². The standard InChI is InChI=1S/C18H15N3O2/c22-13-16-8-15(9-19-10-16)7-14-4-5-17(20-11-14)12-21-6-2-1-3-18(21)23/h1-6,8-11,13H,7,12H2. The quantitative estimate of drug-likeness (QED) is 0.677. The van der Waals surface area contributed by atoms with Crippen LogP contribution in [0.3, 0.4) is 0 Å². The lowest BCUT2D eigenvalue weighted by molar-refractivity contribution is 0.112. The highest BCUT2D eigenvalue weighted by Gasteiger charge is 2.02. The fourth-order valence-corrected chi connectivity index (χ4v) is 2.32. The summed E-state index contributed by atoms with van der Waals surface area (Å²) in [5, 5.41) is 0. The number of nitrogens with zero attached hydrogens (tertiary/aromatic N) is 3. The zero-order valence-electron chi connectivity index (χ0n) is 12.4. The summed E-state index contributed by atoms with van der Waals surface area (Å²) in [5.41, 5.74) is 3.33. The second-order valence-corrected chi connectivity index (χ2v) is 5.25. The number of carbonyl (C=O) groups excluding carboxylic acids is 1. The summed E-state index contributed by atoms with van der Waals surface area (Å²) in [6.07, 6.45) is 8.26. The van der Waals surface area contributed by atoms with Gasteiger partial charge in [0.25, 0.3) is 5.56 Å². The molecule has 0 N–H and O–H groups in total. The van der Waals surface area contributed by atoms with Crippen molar-refractivity contribution in [2.75, 3.05) is 0 Å². The molecular formula is C18H15N3O2. The number of carbonyl (C=O) groups is 1. The van der Waals surface area contributed by atoms with E-state index in [0.29, 0.717) is 18.5 Å². The van der Waals surface area contributed by atoms with Gasteiger partial charge in [-0.3, -0.25) is 19.6 Å². The first-order valence-electron chi connectivity index (χ1n) is 7.23. The Morgan fingerprint density at radius 1 is 1.04 bits per heavy atom. The van der Waals surface area contributed by atoms with Gasteiger partial charge in [-0.15, -0.1) is 0 Å². The fourth-order valence-electron chi connectivity index (χ4n) is 2.32. The third-order valence-electron chi connectivity index (χ3n) is 3.48. The Morgan fingerprint density at radius 2 is 1.96 bits per heavy atom. The molecule has 0 aromatic carbocycles. The molecule has 0 aliphatic rings. The first kappa shape index (κ1) is 14.8. The van der Waals surface area contributed by atoms with Crippen molar-refractivity contribution < 1.29 is 4.79 Å². The van der Waals surface area contributed by atoms with Crippen molar-refractivity contribution in [3.05, 3.63) is 93.9 Å². The smallest absolute Gasteiger partial charge is 0.250 e. The second-order valence-electron chi connectivity index (χ2n) is 5.25. The minimum atomic E-state index is -0.0462. The molecule has 5 heteroatoms. The molecule has 0 unspecified atom stereocenters. The van der Waals surface area contributed by atoms with Crippen LogP contribution in [0, 0.1) is 0 Å². The third-order valence-corrected chi connectivity index (χ3v) is 3.48. The van der Waals surface area contributed by atoms with Gasteiger partial charge < -0.3 is 4.57 Å². The Morgan fingerprint density at radius 3 is 2.70 bits per heavy atom. The van der Waals surface area contributed by atoms with Crippen LogP contribution in [-0.4, -0.2) is 20.8 Å². The van der Waals surface area contributed by atoms with E-state index in [0.717, 1.165) is 23.1 Å². The summed E-state index contributed by atoms with van der Waals surface area (Å²) in [4.78, 5) is 30.9. The lowest BCUT2D eigenvalue weighted by Crippen LogP contribution is -2.18. The van der Waals surface area contributed by atoms with E-state index in [-0.39, 0.29) is 5.56 Å². The maximum Gasteiger partial charge on any atom is 0.250 e. The van der Waals surface area contributed by atoms with Gasteiger partial charge in [-0.25, -0.2) is 0 Å². The molecule has 0 amide bonds. The molecule has 23 heavy (non-hydrogen) atoms. The highest BCUT2D eigenvalue weighted by molar-refractivity contribution is 5.74. The molecule has 0 bridgehead atoms. The summed E-state index contributed by atoms with van der Waals surface area (Å²) in [6, 6.07) is 10.8.